The minimum Gasteiger partial charge on any atom is -0.448 e. The smallest absolute Gasteiger partial charge is 0.349 e. The summed E-state index contributed by atoms with van der Waals surface area (Å²) in [5.74, 6) is -2.15. The van der Waals surface area contributed by atoms with Gasteiger partial charge in [0.1, 0.15) is 17.5 Å². The van der Waals surface area contributed by atoms with E-state index in [1.807, 2.05) is 31.1 Å². The molecule has 150 valence electrons. The number of esters is 1. The van der Waals surface area contributed by atoms with Crippen LogP contribution in [0.25, 0.3) is 6.08 Å². The van der Waals surface area contributed by atoms with Gasteiger partial charge in [0.2, 0.25) is 0 Å². The molecule has 0 aromatic heterocycles. The molecule has 0 aliphatic heterocycles. The molecule has 2 rings (SSSR count). The van der Waals surface area contributed by atoms with Crippen LogP contribution in [-0.2, 0) is 14.3 Å². The zero-order chi connectivity index (χ0) is 21.6. The van der Waals surface area contributed by atoms with E-state index in [2.05, 4.69) is 5.32 Å². The van der Waals surface area contributed by atoms with Crippen molar-refractivity contribution in [3.63, 3.8) is 0 Å². The molecule has 2 aromatic rings. The monoisotopic (exact) mass is 415 g/mol. The molecule has 1 atom stereocenters. The minimum atomic E-state index is -1.20. The third kappa shape index (κ3) is 6.06. The number of rotatable bonds is 6. The van der Waals surface area contributed by atoms with Crippen LogP contribution in [0, 0.1) is 17.1 Å². The molecular weight excluding hydrogens is 397 g/mol. The van der Waals surface area contributed by atoms with Crippen molar-refractivity contribution in [1.29, 1.82) is 5.26 Å². The Bertz CT molecular complexity index is 982. The molecule has 0 heterocycles. The van der Waals surface area contributed by atoms with Gasteiger partial charge < -0.3 is 15.0 Å². The Kier molecular flexibility index (Phi) is 7.34. The van der Waals surface area contributed by atoms with Gasteiger partial charge in [0, 0.05) is 19.8 Å². The van der Waals surface area contributed by atoms with Gasteiger partial charge in [-0.3, -0.25) is 4.79 Å². The number of hydrogen-bond donors (Lipinski definition) is 1. The van der Waals surface area contributed by atoms with E-state index < -0.39 is 23.8 Å². The second kappa shape index (κ2) is 9.71. The summed E-state index contributed by atoms with van der Waals surface area (Å²) in [6, 6.07) is 12.5. The predicted octanol–water partition coefficient (Wildman–Crippen LogP) is 4.02. The summed E-state index contributed by atoms with van der Waals surface area (Å²) in [5, 5.41) is 11.7. The Morgan fingerprint density at radius 3 is 2.45 bits per heavy atom. The Balaban J connectivity index is 2.05. The zero-order valence-corrected chi connectivity index (χ0v) is 16.8. The van der Waals surface area contributed by atoms with E-state index in [0.717, 1.165) is 17.8 Å². The third-order valence-electron chi connectivity index (χ3n) is 3.90. The topological polar surface area (TPSA) is 82.4 Å². The quantitative estimate of drug-likeness (QED) is 0.437. The van der Waals surface area contributed by atoms with Gasteiger partial charge in [-0.2, -0.15) is 5.26 Å². The minimum absolute atomic E-state index is 0.00987. The summed E-state index contributed by atoms with van der Waals surface area (Å²) >= 11 is 5.86. The van der Waals surface area contributed by atoms with E-state index in [4.69, 9.17) is 16.3 Å². The molecule has 0 spiro atoms. The van der Waals surface area contributed by atoms with Gasteiger partial charge in [-0.1, -0.05) is 23.7 Å². The predicted molar refractivity (Wildman–Crippen MR) is 110 cm³/mol. The van der Waals surface area contributed by atoms with Gasteiger partial charge in [-0.25, -0.2) is 9.18 Å². The van der Waals surface area contributed by atoms with Crippen LogP contribution < -0.4 is 10.2 Å². The Labute approximate surface area is 173 Å². The van der Waals surface area contributed by atoms with Crippen molar-refractivity contribution < 1.29 is 18.7 Å². The summed E-state index contributed by atoms with van der Waals surface area (Å²) < 4.78 is 18.1. The number of benzene rings is 2. The third-order valence-corrected chi connectivity index (χ3v) is 4.22. The molecule has 6 nitrogen and oxygen atoms in total. The average molecular weight is 416 g/mol. The van der Waals surface area contributed by atoms with Crippen molar-refractivity contribution in [1.82, 2.24) is 0 Å². The van der Waals surface area contributed by atoms with Crippen LogP contribution in [0.5, 0.6) is 0 Å². The molecule has 8 heteroatoms. The highest BCUT2D eigenvalue weighted by Crippen LogP contribution is 2.23. The molecular formula is C21H19ClFN3O3. The van der Waals surface area contributed by atoms with E-state index in [-0.39, 0.29) is 16.3 Å². The molecule has 0 saturated heterocycles. The fraction of sp³-hybridized carbons (Fsp3) is 0.190. The molecule has 0 radical (unpaired) electrons. The van der Waals surface area contributed by atoms with Crippen LogP contribution in [-0.4, -0.2) is 32.1 Å². The number of hydrogen-bond acceptors (Lipinski definition) is 5. The summed E-state index contributed by atoms with van der Waals surface area (Å²) in [5.41, 5.74) is 1.53. The highest BCUT2D eigenvalue weighted by atomic mass is 35.5. The number of anilines is 2. The molecule has 0 aliphatic carbocycles. The lowest BCUT2D eigenvalue weighted by Gasteiger charge is -2.14. The maximum absolute atomic E-state index is 13.1. The van der Waals surface area contributed by atoms with E-state index in [0.29, 0.717) is 5.56 Å². The van der Waals surface area contributed by atoms with Gasteiger partial charge in [0.05, 0.1) is 10.7 Å². The first kappa shape index (κ1) is 21.9. The number of nitriles is 1. The highest BCUT2D eigenvalue weighted by Gasteiger charge is 2.21. The number of nitrogens with one attached hydrogen (secondary N) is 1. The largest absolute Gasteiger partial charge is 0.448 e. The van der Waals surface area contributed by atoms with E-state index in [9.17, 15) is 19.2 Å². The van der Waals surface area contributed by atoms with Crippen LogP contribution >= 0.6 is 11.6 Å². The van der Waals surface area contributed by atoms with Crippen LogP contribution in [0.3, 0.4) is 0 Å². The lowest BCUT2D eigenvalue weighted by atomic mass is 10.1. The number of nitrogens with zero attached hydrogens (tertiary/aromatic N) is 2. The fourth-order valence-corrected chi connectivity index (χ4v) is 2.49. The molecule has 29 heavy (non-hydrogen) atoms. The van der Waals surface area contributed by atoms with E-state index in [1.54, 1.807) is 18.2 Å². The molecule has 0 bridgehead atoms. The van der Waals surface area contributed by atoms with Gasteiger partial charge >= 0.3 is 5.97 Å². The van der Waals surface area contributed by atoms with Crippen molar-refractivity contribution >= 4 is 40.9 Å². The Morgan fingerprint density at radius 1 is 1.24 bits per heavy atom. The number of halogens is 2. The van der Waals surface area contributed by atoms with E-state index in [1.165, 1.54) is 19.1 Å². The molecule has 1 N–H and O–H groups in total. The van der Waals surface area contributed by atoms with Crippen LogP contribution in [0.15, 0.2) is 48.0 Å². The van der Waals surface area contributed by atoms with Crippen LogP contribution in [0.4, 0.5) is 15.8 Å². The second-order valence-corrected chi connectivity index (χ2v) is 6.72. The first-order chi connectivity index (χ1) is 13.7. The van der Waals surface area contributed by atoms with Crippen LogP contribution in [0.1, 0.15) is 12.5 Å². The first-order valence-corrected chi connectivity index (χ1v) is 8.95. The molecule has 0 unspecified atom stereocenters. The summed E-state index contributed by atoms with van der Waals surface area (Å²) in [7, 11) is 3.79. The van der Waals surface area contributed by atoms with Crippen molar-refractivity contribution in [3.05, 3.63) is 64.4 Å². The van der Waals surface area contributed by atoms with Gasteiger partial charge in [0.25, 0.3) is 5.91 Å². The van der Waals surface area contributed by atoms with Crippen molar-refractivity contribution in [3.8, 4) is 6.07 Å². The average Bonchev–Trinajstić information content (AvgIpc) is 2.68. The number of carbonyl (C=O) groups excluding carboxylic acids is 2. The molecule has 0 saturated carbocycles. The number of ether oxygens (including phenoxy) is 1. The Morgan fingerprint density at radius 2 is 1.90 bits per heavy atom. The molecule has 2 aromatic carbocycles. The Hall–Kier alpha value is -3.37. The molecule has 0 fully saturated rings. The summed E-state index contributed by atoms with van der Waals surface area (Å²) in [6.45, 7) is 1.35. The highest BCUT2D eigenvalue weighted by molar-refractivity contribution is 6.33. The zero-order valence-electron chi connectivity index (χ0n) is 16.1. The standard InChI is InChI=1S/C21H19ClFN3O3/c1-13(20(27)25-19-9-6-16(23)11-18(19)22)29-21(28)15(12-24)10-14-4-7-17(8-5-14)26(2)3/h4-11,13H,1-3H3,(H,25,27)/b15-10+/t13-/m1/s1. The lowest BCUT2D eigenvalue weighted by Crippen LogP contribution is -2.30. The van der Waals surface area contributed by atoms with Crippen LogP contribution in [0.2, 0.25) is 5.02 Å². The normalized spacial score (nSPS) is 11.9. The van der Waals surface area contributed by atoms with Crippen molar-refractivity contribution in [2.75, 3.05) is 24.3 Å². The molecule has 0 aliphatic rings. The fourth-order valence-electron chi connectivity index (χ4n) is 2.27. The van der Waals surface area contributed by atoms with Gasteiger partial charge in [-0.15, -0.1) is 0 Å². The molecule has 1 amide bonds. The van der Waals surface area contributed by atoms with Crippen molar-refractivity contribution in [2.45, 2.75) is 13.0 Å². The SMILES string of the molecule is C[C@@H](OC(=O)/C(C#N)=C/c1ccc(N(C)C)cc1)C(=O)Nc1ccc(F)cc1Cl. The van der Waals surface area contributed by atoms with Gasteiger partial charge in [0.15, 0.2) is 6.10 Å². The lowest BCUT2D eigenvalue weighted by molar-refractivity contribution is -0.148. The first-order valence-electron chi connectivity index (χ1n) is 8.57. The number of amides is 1. The van der Waals surface area contributed by atoms with Crippen molar-refractivity contribution in [2.24, 2.45) is 0 Å². The second-order valence-electron chi connectivity index (χ2n) is 6.32. The van der Waals surface area contributed by atoms with E-state index >= 15 is 0 Å². The number of carbonyl (C=O) groups is 2. The van der Waals surface area contributed by atoms with Gasteiger partial charge in [-0.05, 0) is 48.9 Å². The summed E-state index contributed by atoms with van der Waals surface area (Å²) in [4.78, 5) is 26.4. The summed E-state index contributed by atoms with van der Waals surface area (Å²) in [6.07, 6.45) is 0.181. The maximum atomic E-state index is 13.1. The maximum Gasteiger partial charge on any atom is 0.349 e.